The topological polar surface area (TPSA) is 49.6 Å². The van der Waals surface area contributed by atoms with Gasteiger partial charge in [-0.1, -0.05) is 0 Å². The van der Waals surface area contributed by atoms with E-state index < -0.39 is 0 Å². The van der Waals surface area contributed by atoms with Crippen molar-refractivity contribution < 1.29 is 4.79 Å². The van der Waals surface area contributed by atoms with Crippen LogP contribution in [0, 0.1) is 0 Å². The van der Waals surface area contributed by atoms with Crippen molar-refractivity contribution in [1.29, 1.82) is 0 Å². The average Bonchev–Trinajstić information content (AvgIpc) is 3.11. The van der Waals surface area contributed by atoms with Crippen LogP contribution in [0.25, 0.3) is 0 Å². The summed E-state index contributed by atoms with van der Waals surface area (Å²) in [7, 11) is 2.20. The predicted octanol–water partition coefficient (Wildman–Crippen LogP) is 0.419. The molecule has 0 unspecified atom stereocenters. The van der Waals surface area contributed by atoms with Crippen LogP contribution in [0.5, 0.6) is 0 Å². The van der Waals surface area contributed by atoms with Gasteiger partial charge in [-0.25, -0.2) is 0 Å². The van der Waals surface area contributed by atoms with E-state index in [1.165, 1.54) is 19.3 Å². The van der Waals surface area contributed by atoms with E-state index in [9.17, 15) is 4.79 Å². The van der Waals surface area contributed by atoms with Gasteiger partial charge in [0, 0.05) is 25.2 Å². The minimum absolute atomic E-state index is 0.105. The standard InChI is InChI=1S/C12H23N3O/c1-9(13)12(16)15-7-3-4-11(8-15)14(2)10-5-6-10/h9-11H,3-8,13H2,1-2H3/t9-,11-/m0/s1. The predicted molar refractivity (Wildman–Crippen MR) is 64.0 cm³/mol. The van der Waals surface area contributed by atoms with Crippen LogP contribution in [0.1, 0.15) is 32.6 Å². The van der Waals surface area contributed by atoms with Gasteiger partial charge in [-0.05, 0) is 39.7 Å². The van der Waals surface area contributed by atoms with Crippen LogP contribution in [-0.4, -0.2) is 54.0 Å². The minimum Gasteiger partial charge on any atom is -0.340 e. The second kappa shape index (κ2) is 4.72. The SMILES string of the molecule is C[C@H](N)C(=O)N1CCC[C@H](N(C)C2CC2)C1. The Balaban J connectivity index is 1.90. The first kappa shape index (κ1) is 11.9. The maximum atomic E-state index is 11.8. The molecule has 2 atom stereocenters. The number of likely N-dealkylation sites (tertiary alicyclic amines) is 1. The molecule has 2 rings (SSSR count). The zero-order valence-corrected chi connectivity index (χ0v) is 10.4. The van der Waals surface area contributed by atoms with Crippen molar-refractivity contribution in [2.45, 2.75) is 50.7 Å². The molecule has 1 saturated heterocycles. The Labute approximate surface area is 97.8 Å². The summed E-state index contributed by atoms with van der Waals surface area (Å²) in [6.45, 7) is 3.53. The molecule has 2 aliphatic rings. The number of carbonyl (C=O) groups excluding carboxylic acids is 1. The van der Waals surface area contributed by atoms with Gasteiger partial charge in [0.1, 0.15) is 0 Å². The number of likely N-dealkylation sites (N-methyl/N-ethyl adjacent to an activating group) is 1. The van der Waals surface area contributed by atoms with Gasteiger partial charge < -0.3 is 10.6 Å². The Kier molecular flexibility index (Phi) is 3.50. The maximum Gasteiger partial charge on any atom is 0.239 e. The summed E-state index contributed by atoms with van der Waals surface area (Å²) in [5, 5.41) is 0. The number of amides is 1. The van der Waals surface area contributed by atoms with Crippen LogP contribution < -0.4 is 5.73 Å². The minimum atomic E-state index is -0.356. The highest BCUT2D eigenvalue weighted by atomic mass is 16.2. The Hall–Kier alpha value is -0.610. The summed E-state index contributed by atoms with van der Waals surface area (Å²) in [4.78, 5) is 16.2. The summed E-state index contributed by atoms with van der Waals surface area (Å²) in [6.07, 6.45) is 4.98. The zero-order chi connectivity index (χ0) is 11.7. The van der Waals surface area contributed by atoms with Crippen LogP contribution in [0.15, 0.2) is 0 Å². The molecule has 0 bridgehead atoms. The van der Waals surface area contributed by atoms with Gasteiger partial charge in [-0.15, -0.1) is 0 Å². The molecule has 2 N–H and O–H groups in total. The Morgan fingerprint density at radius 3 is 2.62 bits per heavy atom. The lowest BCUT2D eigenvalue weighted by Crippen LogP contribution is -2.52. The molecule has 16 heavy (non-hydrogen) atoms. The molecule has 0 aromatic heterocycles. The van der Waals surface area contributed by atoms with Crippen LogP contribution in [0.2, 0.25) is 0 Å². The lowest BCUT2D eigenvalue weighted by Gasteiger charge is -2.38. The summed E-state index contributed by atoms with van der Waals surface area (Å²) in [5.74, 6) is 0.105. The van der Waals surface area contributed by atoms with Crippen molar-refractivity contribution in [3.63, 3.8) is 0 Å². The highest BCUT2D eigenvalue weighted by Gasteiger charge is 2.34. The Bertz CT molecular complexity index is 263. The summed E-state index contributed by atoms with van der Waals surface area (Å²) in [5.41, 5.74) is 5.66. The number of nitrogens with two attached hydrogens (primary N) is 1. The molecule has 0 aromatic rings. The molecule has 1 amide bonds. The smallest absolute Gasteiger partial charge is 0.239 e. The third kappa shape index (κ3) is 2.55. The number of piperidine rings is 1. The van der Waals surface area contributed by atoms with E-state index in [1.807, 2.05) is 4.90 Å². The first-order valence-electron chi connectivity index (χ1n) is 6.36. The lowest BCUT2D eigenvalue weighted by molar-refractivity contribution is -0.134. The van der Waals surface area contributed by atoms with Gasteiger partial charge in [-0.3, -0.25) is 9.69 Å². The van der Waals surface area contributed by atoms with Crippen molar-refractivity contribution in [3.05, 3.63) is 0 Å². The van der Waals surface area contributed by atoms with E-state index >= 15 is 0 Å². The molecule has 0 radical (unpaired) electrons. The van der Waals surface area contributed by atoms with E-state index in [0.29, 0.717) is 6.04 Å². The Morgan fingerprint density at radius 2 is 2.06 bits per heavy atom. The molecule has 92 valence electrons. The quantitative estimate of drug-likeness (QED) is 0.757. The summed E-state index contributed by atoms with van der Waals surface area (Å²) >= 11 is 0. The van der Waals surface area contributed by atoms with Gasteiger partial charge >= 0.3 is 0 Å². The fourth-order valence-corrected chi connectivity index (χ4v) is 2.56. The van der Waals surface area contributed by atoms with Crippen LogP contribution in [0.3, 0.4) is 0 Å². The zero-order valence-electron chi connectivity index (χ0n) is 10.4. The molecule has 0 aromatic carbocycles. The average molecular weight is 225 g/mol. The first-order valence-corrected chi connectivity index (χ1v) is 6.36. The van der Waals surface area contributed by atoms with Crippen LogP contribution in [-0.2, 0) is 4.79 Å². The fraction of sp³-hybridized carbons (Fsp3) is 0.917. The van der Waals surface area contributed by atoms with Crippen molar-refractivity contribution in [2.75, 3.05) is 20.1 Å². The molecule has 4 heteroatoms. The van der Waals surface area contributed by atoms with Crippen molar-refractivity contribution in [3.8, 4) is 0 Å². The summed E-state index contributed by atoms with van der Waals surface area (Å²) in [6, 6.07) is 0.962. The molecule has 0 spiro atoms. The van der Waals surface area contributed by atoms with Crippen molar-refractivity contribution in [2.24, 2.45) is 5.73 Å². The van der Waals surface area contributed by atoms with E-state index in [2.05, 4.69) is 11.9 Å². The number of carbonyl (C=O) groups is 1. The van der Waals surface area contributed by atoms with Crippen LogP contribution >= 0.6 is 0 Å². The molecular formula is C12H23N3O. The maximum absolute atomic E-state index is 11.8. The first-order chi connectivity index (χ1) is 7.59. The fourth-order valence-electron chi connectivity index (χ4n) is 2.56. The van der Waals surface area contributed by atoms with Crippen molar-refractivity contribution in [1.82, 2.24) is 9.80 Å². The number of rotatable bonds is 3. The number of hydrogen-bond donors (Lipinski definition) is 1. The number of nitrogens with zero attached hydrogens (tertiary/aromatic N) is 2. The molecule has 1 aliphatic carbocycles. The van der Waals surface area contributed by atoms with Crippen molar-refractivity contribution >= 4 is 5.91 Å². The molecule has 2 fully saturated rings. The van der Waals surface area contributed by atoms with Gasteiger partial charge in [0.05, 0.1) is 6.04 Å². The highest BCUT2D eigenvalue weighted by molar-refractivity contribution is 5.81. The molecule has 1 heterocycles. The Morgan fingerprint density at radius 1 is 1.38 bits per heavy atom. The largest absolute Gasteiger partial charge is 0.340 e. The lowest BCUT2D eigenvalue weighted by atomic mass is 10.0. The molecular weight excluding hydrogens is 202 g/mol. The third-order valence-electron chi connectivity index (χ3n) is 3.80. The van der Waals surface area contributed by atoms with E-state index in [4.69, 9.17) is 5.73 Å². The molecule has 1 saturated carbocycles. The second-order valence-corrected chi connectivity index (χ2v) is 5.27. The van der Waals surface area contributed by atoms with Crippen LogP contribution in [0.4, 0.5) is 0 Å². The van der Waals surface area contributed by atoms with Gasteiger partial charge in [0.2, 0.25) is 5.91 Å². The normalized spacial score (nSPS) is 28.2. The van der Waals surface area contributed by atoms with Gasteiger partial charge in [0.15, 0.2) is 0 Å². The summed E-state index contributed by atoms with van der Waals surface area (Å²) < 4.78 is 0. The molecule has 1 aliphatic heterocycles. The second-order valence-electron chi connectivity index (χ2n) is 5.27. The number of hydrogen-bond acceptors (Lipinski definition) is 3. The monoisotopic (exact) mass is 225 g/mol. The van der Waals surface area contributed by atoms with E-state index in [0.717, 1.165) is 25.6 Å². The van der Waals surface area contributed by atoms with Gasteiger partial charge in [0.25, 0.3) is 0 Å². The van der Waals surface area contributed by atoms with E-state index in [-0.39, 0.29) is 11.9 Å². The molecule has 4 nitrogen and oxygen atoms in total. The highest BCUT2D eigenvalue weighted by Crippen LogP contribution is 2.29. The van der Waals surface area contributed by atoms with E-state index in [1.54, 1.807) is 6.92 Å². The van der Waals surface area contributed by atoms with Gasteiger partial charge in [-0.2, -0.15) is 0 Å². The third-order valence-corrected chi connectivity index (χ3v) is 3.80.